The first kappa shape index (κ1) is 14.2. The average molecular weight is 317 g/mol. The van der Waals surface area contributed by atoms with Crippen LogP contribution in [-0.2, 0) is 9.05 Å². The Balaban J connectivity index is 2.24. The molecule has 2 rings (SSSR count). The molecule has 19 heavy (non-hydrogen) atoms. The van der Waals surface area contributed by atoms with E-state index in [0.717, 1.165) is 5.56 Å². The largest absolute Gasteiger partial charge is 0.457 e. The third kappa shape index (κ3) is 3.86. The van der Waals surface area contributed by atoms with Crippen molar-refractivity contribution in [3.8, 4) is 11.5 Å². The second-order valence-corrected chi connectivity index (χ2v) is 6.98. The number of hydrogen-bond donors (Lipinski definition) is 0. The third-order valence-electron chi connectivity index (χ3n) is 2.36. The van der Waals surface area contributed by atoms with E-state index in [4.69, 9.17) is 27.0 Å². The van der Waals surface area contributed by atoms with E-state index >= 15 is 0 Å². The second kappa shape index (κ2) is 5.41. The Bertz CT molecular complexity index is 674. The summed E-state index contributed by atoms with van der Waals surface area (Å²) in [6.07, 6.45) is 0. The van der Waals surface area contributed by atoms with Crippen molar-refractivity contribution in [1.82, 2.24) is 0 Å². The van der Waals surface area contributed by atoms with E-state index < -0.39 is 9.05 Å². The summed E-state index contributed by atoms with van der Waals surface area (Å²) in [5.41, 5.74) is 0.974. The van der Waals surface area contributed by atoms with Gasteiger partial charge >= 0.3 is 0 Å². The van der Waals surface area contributed by atoms with Crippen molar-refractivity contribution in [3.63, 3.8) is 0 Å². The van der Waals surface area contributed by atoms with Crippen LogP contribution in [0.15, 0.2) is 47.4 Å². The molecule has 6 heteroatoms. The number of benzene rings is 2. The lowest BCUT2D eigenvalue weighted by atomic mass is 10.2. The van der Waals surface area contributed by atoms with Crippen molar-refractivity contribution in [1.29, 1.82) is 0 Å². The van der Waals surface area contributed by atoms with E-state index in [-0.39, 0.29) is 4.90 Å². The van der Waals surface area contributed by atoms with Crippen LogP contribution in [0, 0.1) is 6.92 Å². The van der Waals surface area contributed by atoms with Crippen molar-refractivity contribution in [2.75, 3.05) is 0 Å². The molecule has 3 nitrogen and oxygen atoms in total. The molecule has 0 aliphatic carbocycles. The molecular formula is C13H10Cl2O3S. The van der Waals surface area contributed by atoms with Crippen LogP contribution in [-0.4, -0.2) is 8.42 Å². The molecule has 2 aromatic rings. The molecule has 0 heterocycles. The molecular weight excluding hydrogens is 307 g/mol. The van der Waals surface area contributed by atoms with Crippen LogP contribution in [0.25, 0.3) is 0 Å². The minimum absolute atomic E-state index is 0.0313. The van der Waals surface area contributed by atoms with E-state index in [1.54, 1.807) is 6.07 Å². The number of hydrogen-bond acceptors (Lipinski definition) is 3. The van der Waals surface area contributed by atoms with Gasteiger partial charge in [-0.1, -0.05) is 11.6 Å². The molecule has 0 amide bonds. The molecule has 0 saturated carbocycles. The lowest BCUT2D eigenvalue weighted by Gasteiger charge is -2.07. The van der Waals surface area contributed by atoms with Gasteiger partial charge in [-0.25, -0.2) is 8.42 Å². The summed E-state index contributed by atoms with van der Waals surface area (Å²) >= 11 is 5.92. The van der Waals surface area contributed by atoms with Gasteiger partial charge in [-0.05, 0) is 55.0 Å². The Morgan fingerprint density at radius 3 is 2.16 bits per heavy atom. The highest BCUT2D eigenvalue weighted by Gasteiger charge is 2.09. The summed E-state index contributed by atoms with van der Waals surface area (Å²) in [6.45, 7) is 1.90. The highest BCUT2D eigenvalue weighted by atomic mass is 35.7. The van der Waals surface area contributed by atoms with E-state index in [1.807, 2.05) is 19.1 Å². The normalized spacial score (nSPS) is 11.3. The smallest absolute Gasteiger partial charge is 0.261 e. The van der Waals surface area contributed by atoms with Crippen LogP contribution in [0.2, 0.25) is 5.02 Å². The minimum atomic E-state index is -3.71. The molecule has 100 valence electrons. The van der Waals surface area contributed by atoms with E-state index in [2.05, 4.69) is 0 Å². The van der Waals surface area contributed by atoms with Crippen molar-refractivity contribution < 1.29 is 13.2 Å². The zero-order chi connectivity index (χ0) is 14.0. The van der Waals surface area contributed by atoms with Crippen LogP contribution in [0.5, 0.6) is 11.5 Å². The number of ether oxygens (including phenoxy) is 1. The molecule has 0 saturated heterocycles. The van der Waals surface area contributed by atoms with Gasteiger partial charge in [-0.3, -0.25) is 0 Å². The average Bonchev–Trinajstić information content (AvgIpc) is 2.26. The molecule has 0 radical (unpaired) electrons. The molecule has 0 atom stereocenters. The number of rotatable bonds is 3. The van der Waals surface area contributed by atoms with Gasteiger partial charge in [0.2, 0.25) is 0 Å². The Morgan fingerprint density at radius 1 is 1.00 bits per heavy atom. The predicted molar refractivity (Wildman–Crippen MR) is 75.7 cm³/mol. The Kier molecular flexibility index (Phi) is 4.04. The topological polar surface area (TPSA) is 43.4 Å². The molecule has 0 fully saturated rings. The van der Waals surface area contributed by atoms with Crippen LogP contribution in [0.1, 0.15) is 5.56 Å². The fourth-order valence-electron chi connectivity index (χ4n) is 1.57. The van der Waals surface area contributed by atoms with Gasteiger partial charge < -0.3 is 4.74 Å². The SMILES string of the molecule is Cc1cc(Cl)cc(Oc2ccc(S(=O)(=O)Cl)cc2)c1. The van der Waals surface area contributed by atoms with Crippen molar-refractivity contribution in [2.45, 2.75) is 11.8 Å². The monoisotopic (exact) mass is 316 g/mol. The molecule has 0 unspecified atom stereocenters. The summed E-state index contributed by atoms with van der Waals surface area (Å²) in [4.78, 5) is 0.0313. The lowest BCUT2D eigenvalue weighted by molar-refractivity contribution is 0.482. The Morgan fingerprint density at radius 2 is 1.63 bits per heavy atom. The summed E-state index contributed by atoms with van der Waals surface area (Å²) < 4.78 is 27.8. The first-order chi connectivity index (χ1) is 8.84. The first-order valence-corrected chi connectivity index (χ1v) is 8.03. The number of aryl methyl sites for hydroxylation is 1. The van der Waals surface area contributed by atoms with E-state index in [1.165, 1.54) is 24.3 Å². The van der Waals surface area contributed by atoms with Gasteiger partial charge in [0.25, 0.3) is 9.05 Å². The summed E-state index contributed by atoms with van der Waals surface area (Å²) in [5.74, 6) is 1.09. The maximum atomic E-state index is 11.1. The number of halogens is 2. The van der Waals surface area contributed by atoms with E-state index in [9.17, 15) is 8.42 Å². The molecule has 0 aromatic heterocycles. The van der Waals surface area contributed by atoms with Gasteiger partial charge in [0.05, 0.1) is 4.90 Å². The highest BCUT2D eigenvalue weighted by molar-refractivity contribution is 8.13. The minimum Gasteiger partial charge on any atom is -0.457 e. The quantitative estimate of drug-likeness (QED) is 0.790. The van der Waals surface area contributed by atoms with Gasteiger partial charge in [0, 0.05) is 15.7 Å². The summed E-state index contributed by atoms with van der Waals surface area (Å²) in [7, 11) is 1.52. The predicted octanol–water partition coefficient (Wildman–Crippen LogP) is 4.37. The summed E-state index contributed by atoms with van der Waals surface area (Å²) in [6, 6.07) is 11.2. The van der Waals surface area contributed by atoms with Crippen LogP contribution < -0.4 is 4.74 Å². The van der Waals surface area contributed by atoms with Crippen molar-refractivity contribution in [3.05, 3.63) is 53.1 Å². The van der Waals surface area contributed by atoms with Crippen LogP contribution in [0.4, 0.5) is 0 Å². The maximum absolute atomic E-state index is 11.1. The molecule has 0 spiro atoms. The molecule has 2 aromatic carbocycles. The first-order valence-electron chi connectivity index (χ1n) is 5.34. The van der Waals surface area contributed by atoms with Crippen LogP contribution in [0.3, 0.4) is 0 Å². The second-order valence-electron chi connectivity index (χ2n) is 3.98. The van der Waals surface area contributed by atoms with Crippen molar-refractivity contribution in [2.24, 2.45) is 0 Å². The molecule has 0 aliphatic heterocycles. The van der Waals surface area contributed by atoms with Crippen molar-refractivity contribution >= 4 is 31.3 Å². The fraction of sp³-hybridized carbons (Fsp3) is 0.0769. The third-order valence-corrected chi connectivity index (χ3v) is 3.94. The van der Waals surface area contributed by atoms with Gasteiger partial charge in [-0.15, -0.1) is 0 Å². The van der Waals surface area contributed by atoms with Crippen LogP contribution >= 0.6 is 22.3 Å². The van der Waals surface area contributed by atoms with Gasteiger partial charge in [-0.2, -0.15) is 0 Å². The Hall–Kier alpha value is -1.23. The van der Waals surface area contributed by atoms with Gasteiger partial charge in [0.15, 0.2) is 0 Å². The molecule has 0 bridgehead atoms. The highest BCUT2D eigenvalue weighted by Crippen LogP contribution is 2.27. The Labute approximate surface area is 121 Å². The molecule has 0 aliphatic rings. The van der Waals surface area contributed by atoms with E-state index in [0.29, 0.717) is 16.5 Å². The standard InChI is InChI=1S/C13H10Cl2O3S/c1-9-6-10(14)8-12(7-9)18-11-2-4-13(5-3-11)19(15,16)17/h2-8H,1H3. The zero-order valence-corrected chi connectivity index (χ0v) is 12.3. The van der Waals surface area contributed by atoms with Gasteiger partial charge in [0.1, 0.15) is 11.5 Å². The summed E-state index contributed by atoms with van der Waals surface area (Å²) in [5, 5.41) is 0.579. The zero-order valence-electron chi connectivity index (χ0n) is 9.93. The maximum Gasteiger partial charge on any atom is 0.261 e. The fourth-order valence-corrected chi connectivity index (χ4v) is 2.62. The molecule has 0 N–H and O–H groups in total. The lowest BCUT2D eigenvalue weighted by Crippen LogP contribution is -1.90.